The molecule has 2 aromatic rings. The summed E-state index contributed by atoms with van der Waals surface area (Å²) in [6.45, 7) is 3.51. The number of aryl methyl sites for hydroxylation is 2. The maximum atomic E-state index is 11.8. The van der Waals surface area contributed by atoms with Gasteiger partial charge in [-0.25, -0.2) is 0 Å². The summed E-state index contributed by atoms with van der Waals surface area (Å²) in [4.78, 5) is 23.5. The fraction of sp³-hybridized carbons (Fsp3) is 0.312. The predicted octanol–water partition coefficient (Wildman–Crippen LogP) is 0.735. The van der Waals surface area contributed by atoms with Gasteiger partial charge >= 0.3 is 0 Å². The summed E-state index contributed by atoms with van der Waals surface area (Å²) in [5, 5.41) is 4.18. The van der Waals surface area contributed by atoms with E-state index >= 15 is 0 Å². The fourth-order valence-corrected chi connectivity index (χ4v) is 2.01. The minimum absolute atomic E-state index is 0.0271. The molecular formula is C16H20N4O4. The van der Waals surface area contributed by atoms with E-state index in [4.69, 9.17) is 9.47 Å². The molecule has 2 rings (SSSR count). The number of benzene rings is 1. The lowest BCUT2D eigenvalue weighted by atomic mass is 10.3. The quantitative estimate of drug-likeness (QED) is 0.761. The van der Waals surface area contributed by atoms with Crippen LogP contribution in [0.4, 0.5) is 0 Å². The maximum Gasteiger partial charge on any atom is 0.276 e. The second-order valence-corrected chi connectivity index (χ2v) is 5.15. The van der Waals surface area contributed by atoms with Gasteiger partial charge in [0.1, 0.15) is 18.0 Å². The Morgan fingerprint density at radius 3 is 2.29 bits per heavy atom. The summed E-state index contributed by atoms with van der Waals surface area (Å²) in [5.74, 6) is 0.384. The molecule has 0 unspecified atom stereocenters. The standard InChI is InChI=1S/C16H20N4O4/c1-11-8-12(2)20(19-11)9-15(21)17-18-16(22)10-24-14-6-4-13(23-3)5-7-14/h4-8H,9-10H2,1-3H3,(H,17,21)(H,18,22). The number of nitrogens with one attached hydrogen (secondary N) is 2. The van der Waals surface area contributed by atoms with E-state index < -0.39 is 5.91 Å². The Morgan fingerprint density at radius 1 is 1.08 bits per heavy atom. The van der Waals surface area contributed by atoms with Crippen LogP contribution in [0.2, 0.25) is 0 Å². The van der Waals surface area contributed by atoms with Gasteiger partial charge < -0.3 is 9.47 Å². The Kier molecular flexibility index (Phi) is 5.78. The minimum Gasteiger partial charge on any atom is -0.497 e. The van der Waals surface area contributed by atoms with Gasteiger partial charge in [0.15, 0.2) is 6.61 Å². The summed E-state index contributed by atoms with van der Waals surface area (Å²) in [6.07, 6.45) is 0. The van der Waals surface area contributed by atoms with Gasteiger partial charge in [-0.2, -0.15) is 5.10 Å². The molecule has 0 saturated carbocycles. The predicted molar refractivity (Wildman–Crippen MR) is 86.5 cm³/mol. The van der Waals surface area contributed by atoms with Crippen LogP contribution < -0.4 is 20.3 Å². The largest absolute Gasteiger partial charge is 0.497 e. The number of nitrogens with zero attached hydrogens (tertiary/aromatic N) is 2. The molecule has 0 atom stereocenters. The molecule has 24 heavy (non-hydrogen) atoms. The Hall–Kier alpha value is -3.03. The van der Waals surface area contributed by atoms with Gasteiger partial charge in [0.05, 0.1) is 12.8 Å². The highest BCUT2D eigenvalue weighted by Crippen LogP contribution is 2.16. The van der Waals surface area contributed by atoms with Crippen LogP contribution >= 0.6 is 0 Å². The van der Waals surface area contributed by atoms with Gasteiger partial charge in [0.25, 0.3) is 11.8 Å². The molecule has 0 saturated heterocycles. The van der Waals surface area contributed by atoms with Gasteiger partial charge in [-0.3, -0.25) is 25.1 Å². The first kappa shape index (κ1) is 17.3. The molecule has 8 heteroatoms. The third-order valence-electron chi connectivity index (χ3n) is 3.17. The highest BCUT2D eigenvalue weighted by atomic mass is 16.5. The number of hydrogen-bond acceptors (Lipinski definition) is 5. The average molecular weight is 332 g/mol. The van der Waals surface area contributed by atoms with Crippen LogP contribution in [-0.2, 0) is 16.1 Å². The zero-order valence-corrected chi connectivity index (χ0v) is 13.8. The number of amides is 2. The van der Waals surface area contributed by atoms with Crippen molar-refractivity contribution in [2.75, 3.05) is 13.7 Å². The second kappa shape index (κ2) is 8.00. The number of ether oxygens (including phenoxy) is 2. The van der Waals surface area contributed by atoms with Crippen molar-refractivity contribution in [3.05, 3.63) is 41.7 Å². The van der Waals surface area contributed by atoms with Gasteiger partial charge in [-0.15, -0.1) is 0 Å². The highest BCUT2D eigenvalue weighted by molar-refractivity contribution is 5.82. The lowest BCUT2D eigenvalue weighted by Gasteiger charge is -2.10. The first-order valence-electron chi connectivity index (χ1n) is 7.33. The summed E-state index contributed by atoms with van der Waals surface area (Å²) < 4.78 is 11.9. The van der Waals surface area contributed by atoms with E-state index in [1.54, 1.807) is 36.1 Å². The molecule has 0 spiro atoms. The number of hydrazine groups is 1. The number of carbonyl (C=O) groups excluding carboxylic acids is 2. The van der Waals surface area contributed by atoms with Crippen LogP contribution in [0.3, 0.4) is 0 Å². The molecule has 128 valence electrons. The van der Waals surface area contributed by atoms with Crippen LogP contribution in [0, 0.1) is 13.8 Å². The summed E-state index contributed by atoms with van der Waals surface area (Å²) in [5.41, 5.74) is 6.32. The Morgan fingerprint density at radius 2 is 1.71 bits per heavy atom. The van der Waals surface area contributed by atoms with Crippen molar-refractivity contribution in [2.45, 2.75) is 20.4 Å². The molecule has 1 aromatic carbocycles. The maximum absolute atomic E-state index is 11.8. The smallest absolute Gasteiger partial charge is 0.276 e. The van der Waals surface area contributed by atoms with Crippen LogP contribution in [0.25, 0.3) is 0 Å². The molecule has 2 amide bonds. The van der Waals surface area contributed by atoms with E-state index in [0.717, 1.165) is 11.4 Å². The van der Waals surface area contributed by atoms with Crippen molar-refractivity contribution in [1.82, 2.24) is 20.6 Å². The first-order valence-corrected chi connectivity index (χ1v) is 7.33. The number of aromatic nitrogens is 2. The average Bonchev–Trinajstić information content (AvgIpc) is 2.88. The zero-order chi connectivity index (χ0) is 17.5. The molecule has 0 fully saturated rings. The fourth-order valence-electron chi connectivity index (χ4n) is 2.01. The third kappa shape index (κ3) is 5.01. The summed E-state index contributed by atoms with van der Waals surface area (Å²) in [7, 11) is 1.57. The zero-order valence-electron chi connectivity index (χ0n) is 13.8. The SMILES string of the molecule is COc1ccc(OCC(=O)NNC(=O)Cn2nc(C)cc2C)cc1. The molecule has 0 bridgehead atoms. The van der Waals surface area contributed by atoms with Gasteiger partial charge in [-0.1, -0.05) is 0 Å². The third-order valence-corrected chi connectivity index (χ3v) is 3.17. The van der Waals surface area contributed by atoms with Crippen LogP contribution in [0.5, 0.6) is 11.5 Å². The van der Waals surface area contributed by atoms with Crippen molar-refractivity contribution >= 4 is 11.8 Å². The topological polar surface area (TPSA) is 94.5 Å². The van der Waals surface area contributed by atoms with E-state index in [1.165, 1.54) is 0 Å². The van der Waals surface area contributed by atoms with Crippen molar-refractivity contribution in [1.29, 1.82) is 0 Å². The van der Waals surface area contributed by atoms with Gasteiger partial charge in [0.2, 0.25) is 0 Å². The molecule has 8 nitrogen and oxygen atoms in total. The van der Waals surface area contributed by atoms with E-state index in [0.29, 0.717) is 11.5 Å². The van der Waals surface area contributed by atoms with E-state index in [9.17, 15) is 9.59 Å². The van der Waals surface area contributed by atoms with Crippen LogP contribution in [0.1, 0.15) is 11.4 Å². The molecule has 1 aromatic heterocycles. The molecule has 0 radical (unpaired) electrons. The molecule has 0 aliphatic rings. The van der Waals surface area contributed by atoms with Crippen molar-refractivity contribution < 1.29 is 19.1 Å². The number of methoxy groups -OCH3 is 1. The Labute approximate surface area is 139 Å². The molecule has 0 aliphatic heterocycles. The summed E-state index contributed by atoms with van der Waals surface area (Å²) in [6, 6.07) is 8.70. The minimum atomic E-state index is -0.465. The number of hydrogen-bond donors (Lipinski definition) is 2. The molecule has 2 N–H and O–H groups in total. The van der Waals surface area contributed by atoms with Crippen LogP contribution in [-0.4, -0.2) is 35.3 Å². The Bertz CT molecular complexity index is 709. The van der Waals surface area contributed by atoms with Gasteiger partial charge in [-0.05, 0) is 44.2 Å². The van der Waals surface area contributed by atoms with Gasteiger partial charge in [0, 0.05) is 5.69 Å². The lowest BCUT2D eigenvalue weighted by molar-refractivity contribution is -0.130. The normalized spacial score (nSPS) is 10.1. The number of rotatable bonds is 6. The van der Waals surface area contributed by atoms with E-state index in [1.807, 2.05) is 19.9 Å². The first-order chi connectivity index (χ1) is 11.5. The second-order valence-electron chi connectivity index (χ2n) is 5.15. The van der Waals surface area contributed by atoms with E-state index in [2.05, 4.69) is 16.0 Å². The molecule has 1 heterocycles. The molecule has 0 aliphatic carbocycles. The number of carbonyl (C=O) groups is 2. The van der Waals surface area contributed by atoms with Crippen molar-refractivity contribution in [2.24, 2.45) is 0 Å². The highest BCUT2D eigenvalue weighted by Gasteiger charge is 2.09. The van der Waals surface area contributed by atoms with E-state index in [-0.39, 0.29) is 19.1 Å². The van der Waals surface area contributed by atoms with Crippen molar-refractivity contribution in [3.8, 4) is 11.5 Å². The molecular weight excluding hydrogens is 312 g/mol. The monoisotopic (exact) mass is 332 g/mol. The van der Waals surface area contributed by atoms with Crippen molar-refractivity contribution in [3.63, 3.8) is 0 Å². The lowest BCUT2D eigenvalue weighted by Crippen LogP contribution is -2.45. The Balaban J connectivity index is 1.72. The summed E-state index contributed by atoms with van der Waals surface area (Å²) >= 11 is 0. The van der Waals surface area contributed by atoms with Crippen LogP contribution in [0.15, 0.2) is 30.3 Å².